The highest BCUT2D eigenvalue weighted by Gasteiger charge is 2.17. The lowest BCUT2D eigenvalue weighted by molar-refractivity contribution is -0.140. The molecular formula is C12H14BrFO3S. The number of esters is 1. The van der Waals surface area contributed by atoms with Crippen LogP contribution >= 0.6 is 15.9 Å². The number of halogens is 2. The van der Waals surface area contributed by atoms with E-state index in [0.29, 0.717) is 4.47 Å². The average molecular weight is 337 g/mol. The first-order chi connectivity index (χ1) is 8.43. The van der Waals surface area contributed by atoms with Gasteiger partial charge in [-0.05, 0) is 17.7 Å². The summed E-state index contributed by atoms with van der Waals surface area (Å²) in [4.78, 5) is 11.1. The Morgan fingerprint density at radius 2 is 2.22 bits per heavy atom. The van der Waals surface area contributed by atoms with Crippen LogP contribution in [0.1, 0.15) is 18.9 Å². The molecule has 0 saturated heterocycles. The summed E-state index contributed by atoms with van der Waals surface area (Å²) in [5, 5.41) is -0.297. The predicted octanol–water partition coefficient (Wildman–Crippen LogP) is 2.79. The van der Waals surface area contributed by atoms with Gasteiger partial charge in [-0.2, -0.15) is 0 Å². The second kappa shape index (κ2) is 6.99. The maximum atomic E-state index is 12.9. The van der Waals surface area contributed by atoms with Gasteiger partial charge in [-0.15, -0.1) is 0 Å². The van der Waals surface area contributed by atoms with E-state index in [0.717, 1.165) is 5.56 Å². The fourth-order valence-electron chi connectivity index (χ4n) is 1.35. The molecule has 0 fully saturated rings. The largest absolute Gasteiger partial charge is 0.469 e. The minimum atomic E-state index is -1.21. The Morgan fingerprint density at radius 3 is 2.78 bits per heavy atom. The summed E-state index contributed by atoms with van der Waals surface area (Å²) in [6.45, 7) is 1.73. The van der Waals surface area contributed by atoms with E-state index in [1.807, 2.05) is 0 Å². The third-order valence-electron chi connectivity index (χ3n) is 2.44. The van der Waals surface area contributed by atoms with Gasteiger partial charge in [0.15, 0.2) is 0 Å². The Labute approximate surface area is 116 Å². The van der Waals surface area contributed by atoms with Crippen LogP contribution < -0.4 is 0 Å². The van der Waals surface area contributed by atoms with E-state index in [1.54, 1.807) is 13.0 Å². The molecule has 3 nitrogen and oxygen atoms in total. The zero-order chi connectivity index (χ0) is 13.7. The molecule has 0 aliphatic heterocycles. The zero-order valence-corrected chi connectivity index (χ0v) is 12.5. The van der Waals surface area contributed by atoms with Gasteiger partial charge in [0.05, 0.1) is 13.5 Å². The summed E-state index contributed by atoms with van der Waals surface area (Å²) in [6.07, 6.45) is 0.113. The quantitative estimate of drug-likeness (QED) is 0.776. The third-order valence-corrected chi connectivity index (χ3v) is 4.84. The molecule has 0 aliphatic rings. The molecular weight excluding hydrogens is 323 g/mol. The zero-order valence-electron chi connectivity index (χ0n) is 10.1. The van der Waals surface area contributed by atoms with Gasteiger partial charge in [0.1, 0.15) is 5.82 Å². The van der Waals surface area contributed by atoms with E-state index in [-0.39, 0.29) is 29.2 Å². The smallest absolute Gasteiger partial charge is 0.306 e. The molecule has 1 rings (SSSR count). The molecule has 0 spiro atoms. The van der Waals surface area contributed by atoms with Gasteiger partial charge >= 0.3 is 5.97 Å². The van der Waals surface area contributed by atoms with Crippen LogP contribution in [0.2, 0.25) is 0 Å². The number of hydrogen-bond acceptors (Lipinski definition) is 3. The number of carbonyl (C=O) groups excluding carboxylic acids is 1. The number of carbonyl (C=O) groups is 1. The van der Waals surface area contributed by atoms with E-state index in [2.05, 4.69) is 20.7 Å². The fourth-order valence-corrected chi connectivity index (χ4v) is 3.19. The van der Waals surface area contributed by atoms with Gasteiger partial charge in [-0.3, -0.25) is 9.00 Å². The molecule has 1 aromatic carbocycles. The van der Waals surface area contributed by atoms with Gasteiger partial charge in [-0.25, -0.2) is 4.39 Å². The lowest BCUT2D eigenvalue weighted by Gasteiger charge is -2.11. The van der Waals surface area contributed by atoms with E-state index in [9.17, 15) is 13.4 Å². The average Bonchev–Trinajstić information content (AvgIpc) is 2.32. The Kier molecular flexibility index (Phi) is 5.95. The highest BCUT2D eigenvalue weighted by Crippen LogP contribution is 2.21. The highest BCUT2D eigenvalue weighted by molar-refractivity contribution is 9.10. The molecule has 1 aromatic rings. The predicted molar refractivity (Wildman–Crippen MR) is 72.0 cm³/mol. The molecule has 2 unspecified atom stereocenters. The summed E-state index contributed by atoms with van der Waals surface area (Å²) in [7, 11) is 0.0920. The summed E-state index contributed by atoms with van der Waals surface area (Å²) in [6, 6.07) is 4.24. The van der Waals surface area contributed by atoms with E-state index in [4.69, 9.17) is 0 Å². The number of ether oxygens (including phenoxy) is 1. The van der Waals surface area contributed by atoms with Gasteiger partial charge in [-0.1, -0.05) is 28.9 Å². The number of rotatable bonds is 5. The lowest BCUT2D eigenvalue weighted by Crippen LogP contribution is -2.18. The topological polar surface area (TPSA) is 43.4 Å². The third kappa shape index (κ3) is 4.49. The number of hydrogen-bond donors (Lipinski definition) is 0. The van der Waals surface area contributed by atoms with E-state index < -0.39 is 10.8 Å². The normalized spacial score (nSPS) is 14.0. The summed E-state index contributed by atoms with van der Waals surface area (Å²) in [5.74, 6) is -0.452. The van der Waals surface area contributed by atoms with Crippen LogP contribution in [0.3, 0.4) is 0 Å². The molecule has 0 aromatic heterocycles. The molecule has 18 heavy (non-hydrogen) atoms. The van der Waals surface area contributed by atoms with Crippen LogP contribution in [0.4, 0.5) is 4.39 Å². The van der Waals surface area contributed by atoms with Crippen LogP contribution in [0.25, 0.3) is 0 Å². The Morgan fingerprint density at radius 1 is 1.56 bits per heavy atom. The van der Waals surface area contributed by atoms with Gasteiger partial charge in [0, 0.05) is 26.3 Å². The Bertz CT molecular complexity index is 465. The molecule has 100 valence electrons. The maximum absolute atomic E-state index is 12.9. The van der Waals surface area contributed by atoms with Crippen molar-refractivity contribution in [1.82, 2.24) is 0 Å². The van der Waals surface area contributed by atoms with Crippen molar-refractivity contribution in [3.05, 3.63) is 34.1 Å². The molecule has 0 aliphatic carbocycles. The summed E-state index contributed by atoms with van der Waals surface area (Å²) < 4.78 is 30.0. The second-order valence-electron chi connectivity index (χ2n) is 3.85. The number of benzene rings is 1. The van der Waals surface area contributed by atoms with Crippen molar-refractivity contribution >= 4 is 32.7 Å². The first-order valence-electron chi connectivity index (χ1n) is 5.32. The van der Waals surface area contributed by atoms with Crippen LogP contribution in [0.5, 0.6) is 0 Å². The van der Waals surface area contributed by atoms with Crippen LogP contribution in [0.15, 0.2) is 22.7 Å². The van der Waals surface area contributed by atoms with Crippen molar-refractivity contribution in [1.29, 1.82) is 0 Å². The van der Waals surface area contributed by atoms with Crippen LogP contribution in [-0.2, 0) is 26.1 Å². The second-order valence-corrected chi connectivity index (χ2v) is 6.56. The SMILES string of the molecule is COC(=O)CC(C)S(=O)Cc1ccc(F)cc1Br. The summed E-state index contributed by atoms with van der Waals surface area (Å²) in [5.41, 5.74) is 0.756. The molecule has 0 amide bonds. The first-order valence-corrected chi connectivity index (χ1v) is 7.49. The van der Waals surface area contributed by atoms with Gasteiger partial charge < -0.3 is 4.74 Å². The molecule has 0 heterocycles. The van der Waals surface area contributed by atoms with Crippen molar-refractivity contribution in [2.75, 3.05) is 7.11 Å². The van der Waals surface area contributed by atoms with E-state index >= 15 is 0 Å². The molecule has 0 N–H and O–H groups in total. The molecule has 6 heteroatoms. The molecule has 0 saturated carbocycles. The van der Waals surface area contributed by atoms with Gasteiger partial charge in [0.2, 0.25) is 0 Å². The molecule has 0 radical (unpaired) electrons. The maximum Gasteiger partial charge on any atom is 0.306 e. The van der Waals surface area contributed by atoms with Crippen LogP contribution in [-0.4, -0.2) is 22.5 Å². The first kappa shape index (κ1) is 15.3. The standard InChI is InChI=1S/C12H14BrFO3S/c1-8(5-12(15)17-2)18(16)7-9-3-4-10(14)6-11(9)13/h3-4,6,8H,5,7H2,1-2H3. The van der Waals surface area contributed by atoms with Crippen molar-refractivity contribution in [2.24, 2.45) is 0 Å². The Balaban J connectivity index is 2.66. The monoisotopic (exact) mass is 336 g/mol. The minimum absolute atomic E-state index is 0.113. The van der Waals surface area contributed by atoms with Crippen molar-refractivity contribution in [3.63, 3.8) is 0 Å². The minimum Gasteiger partial charge on any atom is -0.469 e. The van der Waals surface area contributed by atoms with E-state index in [1.165, 1.54) is 19.2 Å². The molecule has 0 bridgehead atoms. The highest BCUT2D eigenvalue weighted by atomic mass is 79.9. The number of methoxy groups -OCH3 is 1. The fraction of sp³-hybridized carbons (Fsp3) is 0.417. The van der Waals surface area contributed by atoms with Crippen LogP contribution in [0, 0.1) is 5.82 Å². The summed E-state index contributed by atoms with van der Waals surface area (Å²) >= 11 is 3.22. The van der Waals surface area contributed by atoms with Crippen molar-refractivity contribution < 1.29 is 18.1 Å². The Hall–Kier alpha value is -0.750. The molecule has 2 atom stereocenters. The van der Waals surface area contributed by atoms with Gasteiger partial charge in [0.25, 0.3) is 0 Å². The van der Waals surface area contributed by atoms with Crippen molar-refractivity contribution in [2.45, 2.75) is 24.3 Å². The lowest BCUT2D eigenvalue weighted by atomic mass is 10.2. The van der Waals surface area contributed by atoms with Crippen molar-refractivity contribution in [3.8, 4) is 0 Å².